The summed E-state index contributed by atoms with van der Waals surface area (Å²) in [6.45, 7) is 7.13. The lowest BCUT2D eigenvalue weighted by molar-refractivity contribution is 0.0206. The molecule has 0 N–H and O–H groups in total. The quantitative estimate of drug-likeness (QED) is 0.599. The van der Waals surface area contributed by atoms with Crippen molar-refractivity contribution in [2.24, 2.45) is 0 Å². The van der Waals surface area contributed by atoms with Crippen LogP contribution in [0.5, 0.6) is 0 Å². The molecule has 0 spiro atoms. The van der Waals surface area contributed by atoms with Gasteiger partial charge < -0.3 is 14.5 Å². The topological polar surface area (TPSA) is 32.8 Å². The summed E-state index contributed by atoms with van der Waals surface area (Å²) in [5.74, 6) is 0. The van der Waals surface area contributed by atoms with Gasteiger partial charge in [0, 0.05) is 35.0 Å². The number of para-hydroxylation sites is 1. The number of amides is 1. The first-order chi connectivity index (χ1) is 12.8. The Balaban J connectivity index is 1.75. The van der Waals surface area contributed by atoms with Gasteiger partial charge in [0.15, 0.2) is 0 Å². The highest BCUT2D eigenvalue weighted by Gasteiger charge is 2.30. The van der Waals surface area contributed by atoms with Crippen LogP contribution in [-0.4, -0.2) is 35.7 Å². The highest BCUT2D eigenvalue weighted by atomic mass is 79.9. The number of likely N-dealkylation sites (tertiary alicyclic amines) is 1. The van der Waals surface area contributed by atoms with E-state index >= 15 is 0 Å². The maximum atomic E-state index is 12.4. The third-order valence-electron chi connectivity index (χ3n) is 4.62. The Kier molecular flexibility index (Phi) is 6.10. The molecule has 2 aromatic rings. The van der Waals surface area contributed by atoms with Crippen molar-refractivity contribution < 1.29 is 9.53 Å². The molecule has 1 heterocycles. The lowest BCUT2D eigenvalue weighted by Gasteiger charge is -2.40. The Bertz CT molecular complexity index is 748. The van der Waals surface area contributed by atoms with Crippen LogP contribution in [0.3, 0.4) is 0 Å². The van der Waals surface area contributed by atoms with Crippen LogP contribution >= 0.6 is 15.9 Å². The second kappa shape index (κ2) is 8.34. The normalized spacial score (nSPS) is 15.5. The number of nitrogens with zero attached hydrogens (tertiary/aromatic N) is 2. The molecular weight excluding hydrogens is 404 g/mol. The van der Waals surface area contributed by atoms with Gasteiger partial charge in [0.05, 0.1) is 0 Å². The molecule has 0 radical (unpaired) electrons. The number of piperidine rings is 1. The standard InChI is InChI=1S/C22H27BrN2O2/c1-22(2,3)27-21(26)24-15-13-20(14-16-24)25(18-7-5-4-6-8-18)19-11-9-17(23)10-12-19/h4-12,20H,13-16H2,1-3H3. The van der Waals surface area contributed by atoms with E-state index < -0.39 is 5.60 Å². The fraction of sp³-hybridized carbons (Fsp3) is 0.409. The molecule has 0 aliphatic carbocycles. The van der Waals surface area contributed by atoms with Crippen LogP contribution in [-0.2, 0) is 4.74 Å². The van der Waals surface area contributed by atoms with Gasteiger partial charge in [-0.05, 0) is 70.0 Å². The molecule has 0 atom stereocenters. The summed E-state index contributed by atoms with van der Waals surface area (Å²) in [4.78, 5) is 16.6. The lowest BCUT2D eigenvalue weighted by atomic mass is 10.0. The SMILES string of the molecule is CC(C)(C)OC(=O)N1CCC(N(c2ccccc2)c2ccc(Br)cc2)CC1. The highest BCUT2D eigenvalue weighted by molar-refractivity contribution is 9.10. The van der Waals surface area contributed by atoms with Crippen LogP contribution < -0.4 is 4.90 Å². The van der Waals surface area contributed by atoms with E-state index in [4.69, 9.17) is 4.74 Å². The first-order valence-electron chi connectivity index (χ1n) is 9.41. The highest BCUT2D eigenvalue weighted by Crippen LogP contribution is 2.33. The van der Waals surface area contributed by atoms with Crippen molar-refractivity contribution >= 4 is 33.4 Å². The van der Waals surface area contributed by atoms with E-state index in [1.807, 2.05) is 31.7 Å². The molecule has 0 saturated carbocycles. The van der Waals surface area contributed by atoms with Crippen LogP contribution in [0.15, 0.2) is 59.1 Å². The zero-order chi connectivity index (χ0) is 19.4. The molecule has 1 aliphatic rings. The minimum atomic E-state index is -0.457. The van der Waals surface area contributed by atoms with Gasteiger partial charge >= 0.3 is 6.09 Å². The summed E-state index contributed by atoms with van der Waals surface area (Å²) < 4.78 is 6.59. The van der Waals surface area contributed by atoms with Gasteiger partial charge in [0.25, 0.3) is 0 Å². The van der Waals surface area contributed by atoms with Crippen LogP contribution in [0.1, 0.15) is 33.6 Å². The van der Waals surface area contributed by atoms with E-state index in [1.165, 1.54) is 11.4 Å². The summed E-state index contributed by atoms with van der Waals surface area (Å²) in [6.07, 6.45) is 1.60. The third-order valence-corrected chi connectivity index (χ3v) is 5.15. The zero-order valence-electron chi connectivity index (χ0n) is 16.2. The number of hydrogen-bond donors (Lipinski definition) is 0. The Hall–Kier alpha value is -2.01. The lowest BCUT2D eigenvalue weighted by Crippen LogP contribution is -2.46. The van der Waals surface area contributed by atoms with Gasteiger partial charge in [0.1, 0.15) is 5.60 Å². The van der Waals surface area contributed by atoms with Crippen molar-refractivity contribution in [3.63, 3.8) is 0 Å². The van der Waals surface area contributed by atoms with E-state index in [0.29, 0.717) is 19.1 Å². The number of carbonyl (C=O) groups excluding carboxylic acids is 1. The number of ether oxygens (including phenoxy) is 1. The van der Waals surface area contributed by atoms with Crippen molar-refractivity contribution in [1.82, 2.24) is 4.90 Å². The maximum absolute atomic E-state index is 12.4. The molecule has 1 aliphatic heterocycles. The number of anilines is 2. The maximum Gasteiger partial charge on any atom is 0.410 e. The largest absolute Gasteiger partial charge is 0.444 e. The zero-order valence-corrected chi connectivity index (χ0v) is 17.8. The summed E-state index contributed by atoms with van der Waals surface area (Å²) in [6, 6.07) is 19.2. The molecule has 27 heavy (non-hydrogen) atoms. The van der Waals surface area contributed by atoms with Crippen molar-refractivity contribution in [3.8, 4) is 0 Å². The molecule has 144 valence electrons. The fourth-order valence-corrected chi connectivity index (χ4v) is 3.66. The number of rotatable bonds is 3. The summed E-state index contributed by atoms with van der Waals surface area (Å²) in [5.41, 5.74) is 1.89. The number of hydrogen-bond acceptors (Lipinski definition) is 3. The molecule has 0 unspecified atom stereocenters. The first kappa shape index (κ1) is 19.7. The summed E-state index contributed by atoms with van der Waals surface area (Å²) in [5, 5.41) is 0. The first-order valence-corrected chi connectivity index (χ1v) is 10.2. The van der Waals surface area contributed by atoms with Gasteiger partial charge in [-0.2, -0.15) is 0 Å². The van der Waals surface area contributed by atoms with Crippen LogP contribution in [0.25, 0.3) is 0 Å². The van der Waals surface area contributed by atoms with Gasteiger partial charge in [0.2, 0.25) is 0 Å². The molecule has 4 nitrogen and oxygen atoms in total. The molecule has 1 amide bonds. The molecule has 0 aromatic heterocycles. The Morgan fingerprint density at radius 1 is 1.00 bits per heavy atom. The van der Waals surface area contributed by atoms with Crippen LogP contribution in [0, 0.1) is 0 Å². The molecule has 0 bridgehead atoms. The molecule has 5 heteroatoms. The monoisotopic (exact) mass is 430 g/mol. The Morgan fingerprint density at radius 3 is 2.11 bits per heavy atom. The predicted molar refractivity (Wildman–Crippen MR) is 114 cm³/mol. The van der Waals surface area contributed by atoms with E-state index in [0.717, 1.165) is 17.3 Å². The van der Waals surface area contributed by atoms with Gasteiger partial charge in [-0.15, -0.1) is 0 Å². The van der Waals surface area contributed by atoms with Crippen LogP contribution in [0.2, 0.25) is 0 Å². The molecular formula is C22H27BrN2O2. The predicted octanol–water partition coefficient (Wildman–Crippen LogP) is 5.99. The third kappa shape index (κ3) is 5.25. The second-order valence-electron chi connectivity index (χ2n) is 7.88. The van der Waals surface area contributed by atoms with Crippen molar-refractivity contribution in [2.75, 3.05) is 18.0 Å². The fourth-order valence-electron chi connectivity index (χ4n) is 3.39. The molecule has 1 saturated heterocycles. The van der Waals surface area contributed by atoms with Gasteiger partial charge in [-0.3, -0.25) is 0 Å². The molecule has 2 aromatic carbocycles. The van der Waals surface area contributed by atoms with Gasteiger partial charge in [-0.1, -0.05) is 34.1 Å². The molecule has 3 rings (SSSR count). The summed E-state index contributed by atoms with van der Waals surface area (Å²) in [7, 11) is 0. The van der Waals surface area contributed by atoms with Gasteiger partial charge in [-0.25, -0.2) is 4.79 Å². The Morgan fingerprint density at radius 2 is 1.56 bits per heavy atom. The average Bonchev–Trinajstić information content (AvgIpc) is 2.64. The van der Waals surface area contributed by atoms with Crippen LogP contribution in [0.4, 0.5) is 16.2 Å². The summed E-state index contributed by atoms with van der Waals surface area (Å²) >= 11 is 3.52. The number of halogens is 1. The van der Waals surface area contributed by atoms with E-state index in [-0.39, 0.29) is 6.09 Å². The minimum Gasteiger partial charge on any atom is -0.444 e. The van der Waals surface area contributed by atoms with Crippen molar-refractivity contribution in [3.05, 3.63) is 59.1 Å². The molecule has 1 fully saturated rings. The Labute approximate surface area is 170 Å². The van der Waals surface area contributed by atoms with Crippen molar-refractivity contribution in [2.45, 2.75) is 45.3 Å². The minimum absolute atomic E-state index is 0.212. The van der Waals surface area contributed by atoms with E-state index in [2.05, 4.69) is 69.4 Å². The van der Waals surface area contributed by atoms with E-state index in [9.17, 15) is 4.79 Å². The van der Waals surface area contributed by atoms with E-state index in [1.54, 1.807) is 0 Å². The second-order valence-corrected chi connectivity index (χ2v) is 8.80. The number of benzene rings is 2. The smallest absolute Gasteiger partial charge is 0.410 e. The van der Waals surface area contributed by atoms with Crippen molar-refractivity contribution in [1.29, 1.82) is 0 Å². The number of carbonyl (C=O) groups is 1. The average molecular weight is 431 g/mol.